The highest BCUT2D eigenvalue weighted by Gasteiger charge is 2.22. The minimum Gasteiger partial charge on any atom is -0.462 e. The number of unbranched alkanes of at least 4 members (excludes halogenated alkanes) is 19. The van der Waals surface area contributed by atoms with Crippen molar-refractivity contribution in [1.29, 1.82) is 0 Å². The van der Waals surface area contributed by atoms with E-state index in [2.05, 4.69) is 91.3 Å². The van der Waals surface area contributed by atoms with E-state index in [4.69, 9.17) is 19.3 Å². The van der Waals surface area contributed by atoms with Gasteiger partial charge in [-0.2, -0.15) is 0 Å². The third-order valence-electron chi connectivity index (χ3n) is 9.91. The van der Waals surface area contributed by atoms with Gasteiger partial charge in [0.25, 0.3) is 0 Å². The summed E-state index contributed by atoms with van der Waals surface area (Å²) in [6, 6.07) is 0. The number of phosphoric acid groups is 1. The smallest absolute Gasteiger partial charge is 0.462 e. The molecule has 8 nitrogen and oxygen atoms in total. The average Bonchev–Trinajstić information content (AvgIpc) is 3.22. The number of carbonyl (C=O) groups excluding carboxylic acids is 2. The largest absolute Gasteiger partial charge is 0.469 e. The molecule has 9 heteroatoms. The average molecular weight is 859 g/mol. The lowest BCUT2D eigenvalue weighted by atomic mass is 10.0. The monoisotopic (exact) mass is 859 g/mol. The van der Waals surface area contributed by atoms with Crippen molar-refractivity contribution in [3.8, 4) is 0 Å². The minimum atomic E-state index is -4.78. The van der Waals surface area contributed by atoms with E-state index in [1.165, 1.54) is 109 Å². The maximum absolute atomic E-state index is 12.4. The molecular weight excluding hydrogens is 772 g/mol. The van der Waals surface area contributed by atoms with Crippen LogP contribution in [0.2, 0.25) is 0 Å². The summed E-state index contributed by atoms with van der Waals surface area (Å²) in [5.74, 6) is -0.985. The first kappa shape index (κ1) is 57.2. The molecule has 1 unspecified atom stereocenters. The maximum Gasteiger partial charge on any atom is 0.469 e. The fourth-order valence-corrected chi connectivity index (χ4v) is 6.75. The summed E-state index contributed by atoms with van der Waals surface area (Å²) in [6.07, 6.45) is 61.9. The van der Waals surface area contributed by atoms with Gasteiger partial charge in [0.2, 0.25) is 0 Å². The van der Waals surface area contributed by atoms with Crippen molar-refractivity contribution in [3.63, 3.8) is 0 Å². The van der Waals surface area contributed by atoms with Crippen LogP contribution in [-0.4, -0.2) is 41.0 Å². The van der Waals surface area contributed by atoms with E-state index in [-0.39, 0.29) is 19.4 Å². The van der Waals surface area contributed by atoms with Crippen LogP contribution < -0.4 is 0 Å². The van der Waals surface area contributed by atoms with Crippen LogP contribution in [0, 0.1) is 0 Å². The third kappa shape index (κ3) is 47.9. The van der Waals surface area contributed by atoms with Gasteiger partial charge in [-0.1, -0.05) is 202 Å². The Morgan fingerprint density at radius 1 is 0.450 bits per heavy atom. The van der Waals surface area contributed by atoms with Gasteiger partial charge in [0, 0.05) is 12.8 Å². The summed E-state index contributed by atoms with van der Waals surface area (Å²) >= 11 is 0. The molecule has 0 radical (unpaired) electrons. The number of phosphoric ester groups is 1. The minimum absolute atomic E-state index is 0.0832. The first-order valence-corrected chi connectivity index (χ1v) is 25.4. The van der Waals surface area contributed by atoms with Crippen molar-refractivity contribution in [3.05, 3.63) is 85.1 Å². The molecule has 344 valence electrons. The van der Waals surface area contributed by atoms with Gasteiger partial charge in [-0.15, -0.1) is 0 Å². The molecule has 0 amide bonds. The predicted octanol–water partition coefficient (Wildman–Crippen LogP) is 15.2. The Kier molecular flexibility index (Phi) is 43.6. The molecule has 0 aromatic carbocycles. The molecule has 0 fully saturated rings. The maximum atomic E-state index is 12.4. The number of ether oxygens (including phenoxy) is 2. The lowest BCUT2D eigenvalue weighted by Crippen LogP contribution is -2.29. The standard InChI is InChI=1S/C51H87O8P/c1-3-5-7-9-11-13-15-17-19-21-23-24-25-26-28-29-31-33-35-37-39-41-43-45-50(52)57-47-49(48-58-60(54,55)56)59-51(53)46-44-42-40-38-36-34-32-30-27-22-20-18-16-14-12-10-8-6-4-2/h6,8,12,14,18,20-21,23,27,30,34,36,40,42,49H,3-5,7,9-11,13,15-17,19,22,24-26,28-29,31-33,35,37-39,41,43-48H2,1-2H3,(H2,54,55,56)/b8-6-,14-12-,20-18-,23-21-,30-27-,36-34-,42-40-. The molecule has 2 N–H and O–H groups in total. The van der Waals surface area contributed by atoms with Crippen molar-refractivity contribution in [1.82, 2.24) is 0 Å². The molecule has 0 saturated carbocycles. The zero-order valence-electron chi connectivity index (χ0n) is 38.1. The normalized spacial score (nSPS) is 13.2. The Morgan fingerprint density at radius 3 is 1.27 bits per heavy atom. The van der Waals surface area contributed by atoms with E-state index in [1.54, 1.807) is 0 Å². The van der Waals surface area contributed by atoms with Gasteiger partial charge in [0.05, 0.1) is 6.61 Å². The Labute approximate surface area is 367 Å². The number of allylic oxidation sites excluding steroid dienone is 14. The highest BCUT2D eigenvalue weighted by molar-refractivity contribution is 7.46. The fourth-order valence-electron chi connectivity index (χ4n) is 6.39. The van der Waals surface area contributed by atoms with Crippen LogP contribution in [0.5, 0.6) is 0 Å². The zero-order chi connectivity index (χ0) is 43.9. The van der Waals surface area contributed by atoms with Crippen LogP contribution in [0.1, 0.15) is 206 Å². The first-order chi connectivity index (χ1) is 29.3. The number of esters is 2. The zero-order valence-corrected chi connectivity index (χ0v) is 39.0. The van der Waals surface area contributed by atoms with Gasteiger partial charge >= 0.3 is 19.8 Å². The van der Waals surface area contributed by atoms with Crippen LogP contribution in [0.25, 0.3) is 0 Å². The Morgan fingerprint density at radius 2 is 0.833 bits per heavy atom. The van der Waals surface area contributed by atoms with Gasteiger partial charge in [-0.05, 0) is 77.0 Å². The van der Waals surface area contributed by atoms with Gasteiger partial charge in [-0.3, -0.25) is 14.1 Å². The van der Waals surface area contributed by atoms with Crippen LogP contribution >= 0.6 is 7.82 Å². The van der Waals surface area contributed by atoms with Crippen LogP contribution in [0.15, 0.2) is 85.1 Å². The topological polar surface area (TPSA) is 119 Å². The van der Waals surface area contributed by atoms with Crippen LogP contribution in [0.3, 0.4) is 0 Å². The fraction of sp³-hybridized carbons (Fsp3) is 0.686. The molecule has 0 heterocycles. The van der Waals surface area contributed by atoms with Crippen molar-refractivity contribution in [2.45, 2.75) is 213 Å². The summed E-state index contributed by atoms with van der Waals surface area (Å²) < 4.78 is 26.4. The first-order valence-electron chi connectivity index (χ1n) is 23.9. The molecule has 0 aromatic heterocycles. The van der Waals surface area contributed by atoms with Gasteiger partial charge < -0.3 is 19.3 Å². The highest BCUT2D eigenvalue weighted by Crippen LogP contribution is 2.36. The number of hydrogen-bond donors (Lipinski definition) is 2. The molecule has 0 saturated heterocycles. The van der Waals surface area contributed by atoms with E-state index in [0.29, 0.717) is 12.8 Å². The van der Waals surface area contributed by atoms with Crippen molar-refractivity contribution in [2.24, 2.45) is 0 Å². The molecule has 0 spiro atoms. The van der Waals surface area contributed by atoms with Crippen LogP contribution in [0.4, 0.5) is 0 Å². The van der Waals surface area contributed by atoms with E-state index in [9.17, 15) is 14.2 Å². The number of rotatable bonds is 43. The summed E-state index contributed by atoms with van der Waals surface area (Å²) in [5.41, 5.74) is 0. The Bertz CT molecular complexity index is 1240. The van der Waals surface area contributed by atoms with Crippen LogP contribution in [-0.2, 0) is 28.2 Å². The molecule has 0 rings (SSSR count). The van der Waals surface area contributed by atoms with E-state index >= 15 is 0 Å². The van der Waals surface area contributed by atoms with Crippen molar-refractivity contribution < 1.29 is 37.9 Å². The summed E-state index contributed by atoms with van der Waals surface area (Å²) in [7, 11) is -4.78. The summed E-state index contributed by atoms with van der Waals surface area (Å²) in [6.45, 7) is 3.52. The van der Waals surface area contributed by atoms with Crippen molar-refractivity contribution >= 4 is 19.8 Å². The predicted molar refractivity (Wildman–Crippen MR) is 253 cm³/mol. The number of carbonyl (C=O) groups is 2. The SMILES string of the molecule is CC/C=C\C/C=C\C/C=C\C/C=C\C/C=C\C/C=C\CCC(=O)OC(COC(=O)CCCCCCCCCCCCC/C=C\CCCCCCCCCC)COP(=O)(O)O. The molecule has 60 heavy (non-hydrogen) atoms. The summed E-state index contributed by atoms with van der Waals surface area (Å²) in [4.78, 5) is 43.0. The van der Waals surface area contributed by atoms with E-state index in [0.717, 1.165) is 57.8 Å². The summed E-state index contributed by atoms with van der Waals surface area (Å²) in [5, 5.41) is 0. The van der Waals surface area contributed by atoms with Gasteiger partial charge in [0.1, 0.15) is 6.61 Å². The molecule has 1 atom stereocenters. The highest BCUT2D eigenvalue weighted by atomic mass is 31.2. The van der Waals surface area contributed by atoms with Gasteiger partial charge in [0.15, 0.2) is 6.10 Å². The Balaban J connectivity index is 3.95. The second-order valence-corrected chi connectivity index (χ2v) is 16.9. The Hall–Kier alpha value is -2.77. The van der Waals surface area contributed by atoms with E-state index in [1.807, 2.05) is 12.2 Å². The second kappa shape index (κ2) is 45.7. The molecule has 0 aromatic rings. The number of hydrogen-bond acceptors (Lipinski definition) is 6. The molecule has 0 aliphatic carbocycles. The molecular formula is C51H87O8P. The van der Waals surface area contributed by atoms with Gasteiger partial charge in [-0.25, -0.2) is 4.57 Å². The lowest BCUT2D eigenvalue weighted by Gasteiger charge is -2.18. The lowest BCUT2D eigenvalue weighted by molar-refractivity contribution is -0.161. The molecule has 0 bridgehead atoms. The van der Waals surface area contributed by atoms with Crippen molar-refractivity contribution in [2.75, 3.05) is 13.2 Å². The molecule has 0 aliphatic heterocycles. The molecule has 0 aliphatic rings. The van der Waals surface area contributed by atoms with E-state index < -0.39 is 32.5 Å². The third-order valence-corrected chi connectivity index (χ3v) is 10.4. The quantitative estimate of drug-likeness (QED) is 0.0269. The second-order valence-electron chi connectivity index (χ2n) is 15.7.